The van der Waals surface area contributed by atoms with Crippen LogP contribution >= 0.6 is 11.6 Å². The first-order valence-electron chi connectivity index (χ1n) is 7.73. The van der Waals surface area contributed by atoms with Crippen LogP contribution in [0.5, 0.6) is 0 Å². The van der Waals surface area contributed by atoms with Gasteiger partial charge in [0, 0.05) is 22.6 Å². The normalized spacial score (nSPS) is 10.0. The number of amides is 1. The Balaban J connectivity index is 1.78. The van der Waals surface area contributed by atoms with E-state index in [1.807, 2.05) is 25.1 Å². The Labute approximate surface area is 155 Å². The second-order valence-corrected chi connectivity index (χ2v) is 5.93. The monoisotopic (exact) mass is 363 g/mol. The van der Waals surface area contributed by atoms with Gasteiger partial charge in [0.25, 0.3) is 5.91 Å². The Morgan fingerprint density at radius 3 is 2.81 bits per heavy atom. The van der Waals surface area contributed by atoms with Crippen molar-refractivity contribution < 1.29 is 4.79 Å². The zero-order valence-electron chi connectivity index (χ0n) is 13.8. The molecule has 0 fully saturated rings. The van der Waals surface area contributed by atoms with E-state index in [0.717, 1.165) is 11.3 Å². The van der Waals surface area contributed by atoms with E-state index in [4.69, 9.17) is 16.9 Å². The van der Waals surface area contributed by atoms with E-state index in [-0.39, 0.29) is 5.69 Å². The molecule has 0 aliphatic carbocycles. The number of nitrogens with one attached hydrogen (secondary N) is 2. The standard InChI is InChI=1S/C19H14ClN5O/c1-12-9-14(20)5-6-16(12)24-19-22-8-7-17(25-19)18(26)23-15-4-2-3-13(10-15)11-21/h2-10H,1H3,(H,23,26)(H,22,24,25). The fourth-order valence-electron chi connectivity index (χ4n) is 2.29. The topological polar surface area (TPSA) is 90.7 Å². The van der Waals surface area contributed by atoms with E-state index in [1.54, 1.807) is 30.3 Å². The molecule has 0 aliphatic heterocycles. The number of nitrogens with zero attached hydrogens (tertiary/aromatic N) is 3. The molecule has 1 amide bonds. The number of anilines is 3. The highest BCUT2D eigenvalue weighted by Crippen LogP contribution is 2.22. The second kappa shape index (κ2) is 7.64. The molecule has 3 rings (SSSR count). The van der Waals surface area contributed by atoms with E-state index in [2.05, 4.69) is 20.6 Å². The molecule has 0 radical (unpaired) electrons. The van der Waals surface area contributed by atoms with Crippen molar-refractivity contribution in [2.45, 2.75) is 6.92 Å². The lowest BCUT2D eigenvalue weighted by molar-refractivity contribution is 0.102. The molecule has 2 N–H and O–H groups in total. The van der Waals surface area contributed by atoms with E-state index >= 15 is 0 Å². The molecule has 0 bridgehead atoms. The molecule has 128 valence electrons. The number of carbonyl (C=O) groups is 1. The van der Waals surface area contributed by atoms with Crippen molar-refractivity contribution in [3.63, 3.8) is 0 Å². The average Bonchev–Trinajstić information content (AvgIpc) is 2.64. The fraction of sp³-hybridized carbons (Fsp3) is 0.0526. The third-order valence-corrected chi connectivity index (χ3v) is 3.81. The summed E-state index contributed by atoms with van der Waals surface area (Å²) < 4.78 is 0. The minimum absolute atomic E-state index is 0.205. The smallest absolute Gasteiger partial charge is 0.274 e. The maximum absolute atomic E-state index is 12.4. The van der Waals surface area contributed by atoms with Gasteiger partial charge in [-0.2, -0.15) is 5.26 Å². The van der Waals surface area contributed by atoms with Crippen LogP contribution in [-0.2, 0) is 0 Å². The molecule has 26 heavy (non-hydrogen) atoms. The van der Waals surface area contributed by atoms with Gasteiger partial charge < -0.3 is 10.6 Å². The van der Waals surface area contributed by atoms with Crippen molar-refractivity contribution in [2.24, 2.45) is 0 Å². The molecular formula is C19H14ClN5O. The highest BCUT2D eigenvalue weighted by Gasteiger charge is 2.10. The fourth-order valence-corrected chi connectivity index (χ4v) is 2.52. The van der Waals surface area contributed by atoms with Gasteiger partial charge >= 0.3 is 0 Å². The Hall–Kier alpha value is -3.43. The minimum Gasteiger partial charge on any atom is -0.324 e. The summed E-state index contributed by atoms with van der Waals surface area (Å²) >= 11 is 5.95. The molecule has 0 spiro atoms. The van der Waals surface area contributed by atoms with Crippen molar-refractivity contribution in [1.29, 1.82) is 5.26 Å². The highest BCUT2D eigenvalue weighted by molar-refractivity contribution is 6.30. The predicted octanol–water partition coefficient (Wildman–Crippen LogP) is 4.31. The number of hydrogen-bond donors (Lipinski definition) is 2. The summed E-state index contributed by atoms with van der Waals surface area (Å²) in [6.07, 6.45) is 1.50. The molecule has 1 aromatic heterocycles. The van der Waals surface area contributed by atoms with Gasteiger partial charge in [0.2, 0.25) is 5.95 Å². The number of carbonyl (C=O) groups excluding carboxylic acids is 1. The Morgan fingerprint density at radius 1 is 1.19 bits per heavy atom. The molecule has 1 heterocycles. The van der Waals surface area contributed by atoms with E-state index in [1.165, 1.54) is 12.3 Å². The van der Waals surface area contributed by atoms with Crippen molar-refractivity contribution >= 4 is 34.8 Å². The summed E-state index contributed by atoms with van der Waals surface area (Å²) in [5, 5.41) is 15.4. The summed E-state index contributed by atoms with van der Waals surface area (Å²) in [6.45, 7) is 1.91. The van der Waals surface area contributed by atoms with Gasteiger partial charge in [0.1, 0.15) is 5.69 Å². The maximum atomic E-state index is 12.4. The molecule has 0 aliphatic rings. The summed E-state index contributed by atoms with van der Waals surface area (Å²) in [6, 6.07) is 15.6. The van der Waals surface area contributed by atoms with Crippen LogP contribution in [0.4, 0.5) is 17.3 Å². The van der Waals surface area contributed by atoms with Crippen LogP contribution in [0.15, 0.2) is 54.7 Å². The van der Waals surface area contributed by atoms with Gasteiger partial charge in [-0.3, -0.25) is 4.79 Å². The molecule has 0 saturated heterocycles. The predicted molar refractivity (Wildman–Crippen MR) is 101 cm³/mol. The van der Waals surface area contributed by atoms with E-state index in [0.29, 0.717) is 22.2 Å². The molecule has 6 nitrogen and oxygen atoms in total. The van der Waals surface area contributed by atoms with Crippen LogP contribution in [0.2, 0.25) is 5.02 Å². The van der Waals surface area contributed by atoms with Crippen LogP contribution in [0.1, 0.15) is 21.6 Å². The first-order valence-corrected chi connectivity index (χ1v) is 8.11. The molecule has 3 aromatic rings. The molecule has 7 heteroatoms. The van der Waals surface area contributed by atoms with Crippen LogP contribution in [0.3, 0.4) is 0 Å². The lowest BCUT2D eigenvalue weighted by Crippen LogP contribution is -2.15. The average molecular weight is 364 g/mol. The third-order valence-electron chi connectivity index (χ3n) is 3.57. The first kappa shape index (κ1) is 17.4. The van der Waals surface area contributed by atoms with Gasteiger partial charge in [-0.1, -0.05) is 17.7 Å². The largest absolute Gasteiger partial charge is 0.324 e. The summed E-state index contributed by atoms with van der Waals surface area (Å²) in [7, 11) is 0. The quantitative estimate of drug-likeness (QED) is 0.720. The van der Waals surface area contributed by atoms with E-state index < -0.39 is 5.91 Å². The lowest BCUT2D eigenvalue weighted by atomic mass is 10.2. The van der Waals surface area contributed by atoms with Crippen molar-refractivity contribution in [1.82, 2.24) is 9.97 Å². The van der Waals surface area contributed by atoms with Crippen LogP contribution in [0.25, 0.3) is 0 Å². The minimum atomic E-state index is -0.390. The molecule has 2 aromatic carbocycles. The number of hydrogen-bond acceptors (Lipinski definition) is 5. The third kappa shape index (κ3) is 4.15. The molecular weight excluding hydrogens is 350 g/mol. The Kier molecular flexibility index (Phi) is 5.11. The highest BCUT2D eigenvalue weighted by atomic mass is 35.5. The number of aromatic nitrogens is 2. The summed E-state index contributed by atoms with van der Waals surface area (Å²) in [5.74, 6) is -0.0905. The van der Waals surface area contributed by atoms with Gasteiger partial charge in [0.05, 0.1) is 11.6 Å². The molecule has 0 unspecified atom stereocenters. The van der Waals surface area contributed by atoms with Gasteiger partial charge in [-0.05, 0) is 55.0 Å². The van der Waals surface area contributed by atoms with Crippen molar-refractivity contribution in [3.8, 4) is 6.07 Å². The second-order valence-electron chi connectivity index (χ2n) is 5.50. The SMILES string of the molecule is Cc1cc(Cl)ccc1Nc1nccc(C(=O)Nc2cccc(C#N)c2)n1. The van der Waals surface area contributed by atoms with Crippen LogP contribution in [0, 0.1) is 18.3 Å². The summed E-state index contributed by atoms with van der Waals surface area (Å²) in [4.78, 5) is 20.8. The Morgan fingerprint density at radius 2 is 2.04 bits per heavy atom. The lowest BCUT2D eigenvalue weighted by Gasteiger charge is -2.09. The number of halogens is 1. The van der Waals surface area contributed by atoms with Gasteiger partial charge in [-0.15, -0.1) is 0 Å². The number of nitriles is 1. The maximum Gasteiger partial charge on any atom is 0.274 e. The zero-order valence-corrected chi connectivity index (χ0v) is 14.6. The van der Waals surface area contributed by atoms with Gasteiger partial charge in [0.15, 0.2) is 0 Å². The molecule has 0 atom stereocenters. The van der Waals surface area contributed by atoms with Crippen LogP contribution < -0.4 is 10.6 Å². The van der Waals surface area contributed by atoms with Crippen molar-refractivity contribution in [3.05, 3.63) is 76.6 Å². The van der Waals surface area contributed by atoms with Crippen molar-refractivity contribution in [2.75, 3.05) is 10.6 Å². The molecule has 0 saturated carbocycles. The number of rotatable bonds is 4. The Bertz CT molecular complexity index is 1010. The number of benzene rings is 2. The van der Waals surface area contributed by atoms with Gasteiger partial charge in [-0.25, -0.2) is 9.97 Å². The van der Waals surface area contributed by atoms with E-state index in [9.17, 15) is 4.79 Å². The summed E-state index contributed by atoms with van der Waals surface area (Å²) in [5.41, 5.74) is 2.93. The zero-order chi connectivity index (χ0) is 18.5. The first-order chi connectivity index (χ1) is 12.5. The van der Waals surface area contributed by atoms with Crippen LogP contribution in [-0.4, -0.2) is 15.9 Å². The number of aryl methyl sites for hydroxylation is 1.